The standard InChI is InChI=1S/C20H25BrN2O4S/c1-20(2,3)23-28(25,26)16-7-5-6-15(13-16)22-19(24)11-9-14-8-10-18(27-4)17(21)12-14/h5-8,10,12-13,23H,9,11H2,1-4H3,(H,22,24). The summed E-state index contributed by atoms with van der Waals surface area (Å²) in [5.74, 6) is 0.542. The molecule has 0 aromatic heterocycles. The third-order valence-electron chi connectivity index (χ3n) is 3.73. The smallest absolute Gasteiger partial charge is 0.241 e. The lowest BCUT2D eigenvalue weighted by Gasteiger charge is -2.20. The van der Waals surface area contributed by atoms with Crippen molar-refractivity contribution in [3.8, 4) is 5.75 Å². The fourth-order valence-corrected chi connectivity index (χ4v) is 4.60. The van der Waals surface area contributed by atoms with Crippen LogP contribution in [0.4, 0.5) is 5.69 Å². The van der Waals surface area contributed by atoms with Crippen LogP contribution in [0.1, 0.15) is 32.8 Å². The Morgan fingerprint density at radius 3 is 2.46 bits per heavy atom. The Hall–Kier alpha value is -1.90. The highest BCUT2D eigenvalue weighted by molar-refractivity contribution is 9.10. The number of rotatable bonds is 7. The van der Waals surface area contributed by atoms with Gasteiger partial charge in [0.2, 0.25) is 15.9 Å². The highest BCUT2D eigenvalue weighted by atomic mass is 79.9. The number of carbonyl (C=O) groups is 1. The average Bonchev–Trinajstić information content (AvgIpc) is 2.58. The van der Waals surface area contributed by atoms with E-state index in [2.05, 4.69) is 26.0 Å². The number of halogens is 1. The highest BCUT2D eigenvalue weighted by Gasteiger charge is 2.22. The maximum atomic E-state index is 12.4. The molecule has 0 bridgehead atoms. The zero-order chi connectivity index (χ0) is 20.9. The zero-order valence-electron chi connectivity index (χ0n) is 16.4. The Morgan fingerprint density at radius 1 is 1.14 bits per heavy atom. The van der Waals surface area contributed by atoms with Gasteiger partial charge in [0, 0.05) is 17.6 Å². The van der Waals surface area contributed by atoms with Crippen LogP contribution in [0.2, 0.25) is 0 Å². The molecule has 0 aliphatic carbocycles. The van der Waals surface area contributed by atoms with Crippen LogP contribution in [0.3, 0.4) is 0 Å². The number of hydrogen-bond acceptors (Lipinski definition) is 4. The lowest BCUT2D eigenvalue weighted by atomic mass is 10.1. The molecule has 0 aliphatic heterocycles. The molecule has 0 saturated heterocycles. The molecule has 2 rings (SSSR count). The number of nitrogens with one attached hydrogen (secondary N) is 2. The lowest BCUT2D eigenvalue weighted by Crippen LogP contribution is -2.40. The van der Waals surface area contributed by atoms with Gasteiger partial charge in [0.25, 0.3) is 0 Å². The number of amides is 1. The molecule has 0 unspecified atom stereocenters. The average molecular weight is 469 g/mol. The van der Waals surface area contributed by atoms with E-state index in [9.17, 15) is 13.2 Å². The molecular weight excluding hydrogens is 444 g/mol. The lowest BCUT2D eigenvalue weighted by molar-refractivity contribution is -0.116. The highest BCUT2D eigenvalue weighted by Crippen LogP contribution is 2.26. The molecule has 6 nitrogen and oxygen atoms in total. The summed E-state index contributed by atoms with van der Waals surface area (Å²) in [6, 6.07) is 11.9. The zero-order valence-corrected chi connectivity index (χ0v) is 18.8. The van der Waals surface area contributed by atoms with Crippen LogP contribution < -0.4 is 14.8 Å². The van der Waals surface area contributed by atoms with Crippen LogP contribution in [-0.4, -0.2) is 27.0 Å². The predicted molar refractivity (Wildman–Crippen MR) is 114 cm³/mol. The number of hydrogen-bond donors (Lipinski definition) is 2. The van der Waals surface area contributed by atoms with E-state index >= 15 is 0 Å². The second kappa shape index (κ2) is 9.07. The molecule has 28 heavy (non-hydrogen) atoms. The Kier molecular flexibility index (Phi) is 7.25. The summed E-state index contributed by atoms with van der Waals surface area (Å²) in [6.07, 6.45) is 0.827. The minimum absolute atomic E-state index is 0.110. The quantitative estimate of drug-likeness (QED) is 0.640. The molecule has 0 atom stereocenters. The van der Waals surface area contributed by atoms with Crippen molar-refractivity contribution in [2.24, 2.45) is 0 Å². The Morgan fingerprint density at radius 2 is 1.86 bits per heavy atom. The number of aryl methyl sites for hydroxylation is 1. The van der Waals surface area contributed by atoms with E-state index in [0.717, 1.165) is 15.8 Å². The van der Waals surface area contributed by atoms with Gasteiger partial charge in [-0.25, -0.2) is 13.1 Å². The Balaban J connectivity index is 2.02. The van der Waals surface area contributed by atoms with Crippen molar-refractivity contribution < 1.29 is 17.9 Å². The van der Waals surface area contributed by atoms with E-state index < -0.39 is 15.6 Å². The van der Waals surface area contributed by atoms with Crippen molar-refractivity contribution in [2.75, 3.05) is 12.4 Å². The molecule has 0 heterocycles. The van der Waals surface area contributed by atoms with Crippen molar-refractivity contribution >= 4 is 37.5 Å². The van der Waals surface area contributed by atoms with Crippen LogP contribution in [0.15, 0.2) is 51.8 Å². The third-order valence-corrected chi connectivity index (χ3v) is 6.10. The Bertz CT molecular complexity index is 953. The van der Waals surface area contributed by atoms with Crippen LogP contribution >= 0.6 is 15.9 Å². The molecule has 2 N–H and O–H groups in total. The van der Waals surface area contributed by atoms with Gasteiger partial charge in [0.1, 0.15) is 5.75 Å². The second-order valence-electron chi connectivity index (χ2n) is 7.40. The van der Waals surface area contributed by atoms with Gasteiger partial charge in [-0.3, -0.25) is 4.79 Å². The van der Waals surface area contributed by atoms with Crippen molar-refractivity contribution in [3.05, 3.63) is 52.5 Å². The molecule has 2 aromatic carbocycles. The monoisotopic (exact) mass is 468 g/mol. The number of benzene rings is 2. The first-order chi connectivity index (χ1) is 13.0. The fourth-order valence-electron chi connectivity index (χ4n) is 2.55. The summed E-state index contributed by atoms with van der Waals surface area (Å²) < 4.78 is 33.5. The van der Waals surface area contributed by atoms with E-state index in [1.165, 1.54) is 12.1 Å². The summed E-state index contributed by atoms with van der Waals surface area (Å²) in [7, 11) is -2.07. The van der Waals surface area contributed by atoms with Gasteiger partial charge in [0.05, 0.1) is 16.5 Å². The van der Waals surface area contributed by atoms with Crippen LogP contribution in [0, 0.1) is 0 Å². The topological polar surface area (TPSA) is 84.5 Å². The number of anilines is 1. The molecule has 8 heteroatoms. The minimum atomic E-state index is -3.66. The number of methoxy groups -OCH3 is 1. The summed E-state index contributed by atoms with van der Waals surface area (Å²) in [5, 5.41) is 2.76. The molecule has 0 fully saturated rings. The molecule has 1 amide bonds. The maximum Gasteiger partial charge on any atom is 0.241 e. The molecule has 2 aromatic rings. The first-order valence-electron chi connectivity index (χ1n) is 8.76. The summed E-state index contributed by atoms with van der Waals surface area (Å²) in [4.78, 5) is 12.4. The normalized spacial score (nSPS) is 11.9. The van der Waals surface area contributed by atoms with Gasteiger partial charge in [-0.1, -0.05) is 12.1 Å². The van der Waals surface area contributed by atoms with E-state index in [0.29, 0.717) is 12.1 Å². The van der Waals surface area contributed by atoms with Gasteiger partial charge < -0.3 is 10.1 Å². The molecular formula is C20H25BrN2O4S. The van der Waals surface area contributed by atoms with E-state index in [1.54, 1.807) is 40.0 Å². The van der Waals surface area contributed by atoms with Crippen molar-refractivity contribution in [3.63, 3.8) is 0 Å². The molecule has 0 saturated carbocycles. The van der Waals surface area contributed by atoms with Crippen molar-refractivity contribution in [1.29, 1.82) is 0 Å². The van der Waals surface area contributed by atoms with Gasteiger partial charge in [0.15, 0.2) is 0 Å². The number of ether oxygens (including phenoxy) is 1. The molecule has 0 spiro atoms. The summed E-state index contributed by atoms with van der Waals surface area (Å²) in [6.45, 7) is 5.31. The Labute approximate surface area is 174 Å². The molecule has 0 aliphatic rings. The second-order valence-corrected chi connectivity index (χ2v) is 9.94. The van der Waals surface area contributed by atoms with Gasteiger partial charge in [-0.15, -0.1) is 0 Å². The molecule has 152 valence electrons. The van der Waals surface area contributed by atoms with Crippen molar-refractivity contribution in [2.45, 2.75) is 44.0 Å². The maximum absolute atomic E-state index is 12.4. The van der Waals surface area contributed by atoms with E-state index in [1.807, 2.05) is 18.2 Å². The first kappa shape index (κ1) is 22.4. The number of carbonyl (C=O) groups excluding carboxylic acids is 1. The molecule has 0 radical (unpaired) electrons. The largest absolute Gasteiger partial charge is 0.496 e. The predicted octanol–water partition coefficient (Wildman–Crippen LogP) is 4.11. The third kappa shape index (κ3) is 6.61. The summed E-state index contributed by atoms with van der Waals surface area (Å²) >= 11 is 3.43. The van der Waals surface area contributed by atoms with Gasteiger partial charge in [-0.2, -0.15) is 0 Å². The van der Waals surface area contributed by atoms with Crippen LogP contribution in [-0.2, 0) is 21.2 Å². The van der Waals surface area contributed by atoms with Crippen molar-refractivity contribution in [1.82, 2.24) is 4.72 Å². The van der Waals surface area contributed by atoms with E-state index in [-0.39, 0.29) is 17.2 Å². The minimum Gasteiger partial charge on any atom is -0.496 e. The number of sulfonamides is 1. The first-order valence-corrected chi connectivity index (χ1v) is 11.0. The van der Waals surface area contributed by atoms with Gasteiger partial charge >= 0.3 is 0 Å². The van der Waals surface area contributed by atoms with Crippen LogP contribution in [0.5, 0.6) is 5.75 Å². The van der Waals surface area contributed by atoms with Gasteiger partial charge in [-0.05, 0) is 79.0 Å². The summed E-state index contributed by atoms with van der Waals surface area (Å²) in [5.41, 5.74) is 0.844. The van der Waals surface area contributed by atoms with E-state index in [4.69, 9.17) is 4.74 Å². The SMILES string of the molecule is COc1ccc(CCC(=O)Nc2cccc(S(=O)(=O)NC(C)(C)C)c2)cc1Br. The van der Waals surface area contributed by atoms with Crippen LogP contribution in [0.25, 0.3) is 0 Å². The fraction of sp³-hybridized carbons (Fsp3) is 0.350.